The molecule has 1 aromatic rings. The highest BCUT2D eigenvalue weighted by Crippen LogP contribution is 2.10. The van der Waals surface area contributed by atoms with Gasteiger partial charge in [0, 0.05) is 24.5 Å². The highest BCUT2D eigenvalue weighted by molar-refractivity contribution is 7.90. The van der Waals surface area contributed by atoms with Crippen LogP contribution in [0.25, 0.3) is 0 Å². The number of rotatable bonds is 6. The van der Waals surface area contributed by atoms with Gasteiger partial charge in [0.05, 0.1) is 12.2 Å². The number of anilines is 1. The van der Waals surface area contributed by atoms with E-state index in [9.17, 15) is 13.2 Å². The third-order valence-electron chi connectivity index (χ3n) is 3.07. The van der Waals surface area contributed by atoms with Crippen molar-refractivity contribution in [3.63, 3.8) is 0 Å². The van der Waals surface area contributed by atoms with Gasteiger partial charge in [-0.15, -0.1) is 0 Å². The van der Waals surface area contributed by atoms with E-state index in [1.807, 2.05) is 19.1 Å². The zero-order valence-electron chi connectivity index (χ0n) is 12.2. The fourth-order valence-electron chi connectivity index (χ4n) is 2.17. The lowest BCUT2D eigenvalue weighted by Gasteiger charge is -2.27. The number of hydrogen-bond donors (Lipinski definition) is 1. The SMILES string of the molecule is CCN(C(=O)Cc1ccc(N)cc1)C(C)CS(C)(=O)=O. The molecule has 0 bridgehead atoms. The molecule has 1 atom stereocenters. The molecule has 0 saturated carbocycles. The number of nitrogens with two attached hydrogens (primary N) is 1. The largest absolute Gasteiger partial charge is 0.399 e. The fraction of sp³-hybridized carbons (Fsp3) is 0.500. The predicted octanol–water partition coefficient (Wildman–Crippen LogP) is 1.09. The summed E-state index contributed by atoms with van der Waals surface area (Å²) in [6.07, 6.45) is 1.43. The molecule has 0 saturated heterocycles. The van der Waals surface area contributed by atoms with E-state index in [-0.39, 0.29) is 24.1 Å². The van der Waals surface area contributed by atoms with Crippen molar-refractivity contribution in [2.75, 3.05) is 24.3 Å². The normalized spacial score (nSPS) is 12.9. The minimum atomic E-state index is -3.10. The van der Waals surface area contributed by atoms with Crippen LogP contribution in [0.2, 0.25) is 0 Å². The summed E-state index contributed by atoms with van der Waals surface area (Å²) < 4.78 is 22.7. The third-order valence-corrected chi connectivity index (χ3v) is 4.16. The summed E-state index contributed by atoms with van der Waals surface area (Å²) in [5.41, 5.74) is 7.12. The second kappa shape index (κ2) is 6.74. The van der Waals surface area contributed by atoms with Gasteiger partial charge >= 0.3 is 0 Å². The zero-order chi connectivity index (χ0) is 15.3. The van der Waals surface area contributed by atoms with Gasteiger partial charge in [0.25, 0.3) is 0 Å². The summed E-state index contributed by atoms with van der Waals surface area (Å²) in [5, 5.41) is 0. The average molecular weight is 298 g/mol. The van der Waals surface area contributed by atoms with Crippen molar-refractivity contribution in [2.45, 2.75) is 26.3 Å². The van der Waals surface area contributed by atoms with Crippen LogP contribution in [0.15, 0.2) is 24.3 Å². The number of carbonyl (C=O) groups is 1. The summed E-state index contributed by atoms with van der Waals surface area (Å²) in [6, 6.07) is 6.79. The van der Waals surface area contributed by atoms with E-state index >= 15 is 0 Å². The summed E-state index contributed by atoms with van der Waals surface area (Å²) in [6.45, 7) is 4.09. The van der Waals surface area contributed by atoms with E-state index in [0.29, 0.717) is 12.2 Å². The predicted molar refractivity (Wildman–Crippen MR) is 81.1 cm³/mol. The van der Waals surface area contributed by atoms with Crippen molar-refractivity contribution in [3.05, 3.63) is 29.8 Å². The highest BCUT2D eigenvalue weighted by Gasteiger charge is 2.21. The summed E-state index contributed by atoms with van der Waals surface area (Å²) >= 11 is 0. The lowest BCUT2D eigenvalue weighted by Crippen LogP contribution is -2.42. The molecule has 1 rings (SSSR count). The maximum Gasteiger partial charge on any atom is 0.227 e. The number of benzene rings is 1. The fourth-order valence-corrected chi connectivity index (χ4v) is 3.23. The van der Waals surface area contributed by atoms with Crippen LogP contribution in [0.4, 0.5) is 5.69 Å². The molecule has 1 unspecified atom stereocenters. The smallest absolute Gasteiger partial charge is 0.227 e. The van der Waals surface area contributed by atoms with Gasteiger partial charge in [-0.05, 0) is 31.5 Å². The molecular weight excluding hydrogens is 276 g/mol. The second-order valence-corrected chi connectivity index (χ2v) is 7.22. The maximum absolute atomic E-state index is 12.3. The number of amides is 1. The van der Waals surface area contributed by atoms with Crippen LogP contribution in [0.1, 0.15) is 19.4 Å². The van der Waals surface area contributed by atoms with Crippen molar-refractivity contribution in [2.24, 2.45) is 0 Å². The van der Waals surface area contributed by atoms with Gasteiger partial charge in [-0.25, -0.2) is 8.42 Å². The molecule has 6 heteroatoms. The Morgan fingerprint density at radius 2 is 1.85 bits per heavy atom. The van der Waals surface area contributed by atoms with E-state index in [0.717, 1.165) is 5.56 Å². The number of carbonyl (C=O) groups excluding carboxylic acids is 1. The van der Waals surface area contributed by atoms with E-state index in [1.165, 1.54) is 6.26 Å². The van der Waals surface area contributed by atoms with Crippen molar-refractivity contribution >= 4 is 21.4 Å². The first-order valence-corrected chi connectivity index (χ1v) is 8.60. The van der Waals surface area contributed by atoms with E-state index < -0.39 is 9.84 Å². The first-order valence-electron chi connectivity index (χ1n) is 6.54. The molecular formula is C14H22N2O3S. The molecule has 0 aliphatic carbocycles. The van der Waals surface area contributed by atoms with E-state index in [2.05, 4.69) is 0 Å². The Hall–Kier alpha value is -1.56. The monoisotopic (exact) mass is 298 g/mol. The van der Waals surface area contributed by atoms with Crippen molar-refractivity contribution < 1.29 is 13.2 Å². The molecule has 0 heterocycles. The molecule has 2 N–H and O–H groups in total. The number of nitrogen functional groups attached to an aromatic ring is 1. The molecule has 0 spiro atoms. The number of likely N-dealkylation sites (N-methyl/N-ethyl adjacent to an activating group) is 1. The van der Waals surface area contributed by atoms with E-state index in [1.54, 1.807) is 24.0 Å². The van der Waals surface area contributed by atoms with Crippen LogP contribution >= 0.6 is 0 Å². The van der Waals surface area contributed by atoms with Crippen molar-refractivity contribution in [1.29, 1.82) is 0 Å². The number of hydrogen-bond acceptors (Lipinski definition) is 4. The Kier molecular flexibility index (Phi) is 5.56. The van der Waals surface area contributed by atoms with Gasteiger partial charge in [0.15, 0.2) is 0 Å². The van der Waals surface area contributed by atoms with Gasteiger partial charge in [-0.3, -0.25) is 4.79 Å². The Labute approximate surface area is 120 Å². The molecule has 112 valence electrons. The van der Waals surface area contributed by atoms with Crippen LogP contribution in [-0.4, -0.2) is 43.8 Å². The summed E-state index contributed by atoms with van der Waals surface area (Å²) in [5.74, 6) is -0.0951. The topological polar surface area (TPSA) is 80.5 Å². The third kappa shape index (κ3) is 5.21. The number of nitrogens with zero attached hydrogens (tertiary/aromatic N) is 1. The molecule has 0 aliphatic rings. The van der Waals surface area contributed by atoms with E-state index in [4.69, 9.17) is 5.73 Å². The lowest BCUT2D eigenvalue weighted by atomic mass is 10.1. The van der Waals surface area contributed by atoms with Crippen LogP contribution in [0.3, 0.4) is 0 Å². The molecule has 1 amide bonds. The Bertz CT molecular complexity index is 552. The average Bonchev–Trinajstić information content (AvgIpc) is 2.30. The van der Waals surface area contributed by atoms with Gasteiger partial charge < -0.3 is 10.6 Å². The maximum atomic E-state index is 12.3. The molecule has 0 fully saturated rings. The van der Waals surface area contributed by atoms with Gasteiger partial charge in [0.1, 0.15) is 9.84 Å². The van der Waals surface area contributed by atoms with Gasteiger partial charge in [-0.2, -0.15) is 0 Å². The zero-order valence-corrected chi connectivity index (χ0v) is 13.0. The number of sulfone groups is 1. The Morgan fingerprint density at radius 1 is 1.30 bits per heavy atom. The molecule has 0 aliphatic heterocycles. The second-order valence-electron chi connectivity index (χ2n) is 5.04. The molecule has 20 heavy (non-hydrogen) atoms. The molecule has 0 radical (unpaired) electrons. The van der Waals surface area contributed by atoms with Crippen LogP contribution in [0, 0.1) is 0 Å². The summed E-state index contributed by atoms with van der Waals surface area (Å²) in [7, 11) is -3.10. The van der Waals surface area contributed by atoms with Crippen LogP contribution in [0.5, 0.6) is 0 Å². The quantitative estimate of drug-likeness (QED) is 0.797. The van der Waals surface area contributed by atoms with Crippen molar-refractivity contribution in [1.82, 2.24) is 4.90 Å². The Morgan fingerprint density at radius 3 is 2.30 bits per heavy atom. The summed E-state index contributed by atoms with van der Waals surface area (Å²) in [4.78, 5) is 13.9. The molecule has 0 aromatic heterocycles. The van der Waals surface area contributed by atoms with Gasteiger partial charge in [0.2, 0.25) is 5.91 Å². The lowest BCUT2D eigenvalue weighted by molar-refractivity contribution is -0.131. The minimum absolute atomic E-state index is 0.0195. The first kappa shape index (κ1) is 16.5. The minimum Gasteiger partial charge on any atom is -0.399 e. The van der Waals surface area contributed by atoms with Gasteiger partial charge in [-0.1, -0.05) is 12.1 Å². The molecule has 5 nitrogen and oxygen atoms in total. The van der Waals surface area contributed by atoms with Crippen LogP contribution in [-0.2, 0) is 21.1 Å². The Balaban J connectivity index is 2.74. The molecule has 1 aromatic carbocycles. The highest BCUT2D eigenvalue weighted by atomic mass is 32.2. The standard InChI is InChI=1S/C14H22N2O3S/c1-4-16(11(2)10-20(3,18)19)14(17)9-12-5-7-13(15)8-6-12/h5-8,11H,4,9-10,15H2,1-3H3. The van der Waals surface area contributed by atoms with Crippen LogP contribution < -0.4 is 5.73 Å². The van der Waals surface area contributed by atoms with Crippen molar-refractivity contribution in [3.8, 4) is 0 Å². The first-order chi connectivity index (χ1) is 9.23.